The van der Waals surface area contributed by atoms with Crippen LogP contribution in [0.3, 0.4) is 0 Å². The van der Waals surface area contributed by atoms with Crippen molar-refractivity contribution in [2.75, 3.05) is 31.7 Å². The van der Waals surface area contributed by atoms with Crippen LogP contribution in [-0.2, 0) is 11.3 Å². The molecule has 0 unspecified atom stereocenters. The first-order valence-electron chi connectivity index (χ1n) is 7.56. The third-order valence-electron chi connectivity index (χ3n) is 4.18. The second-order valence-electron chi connectivity index (χ2n) is 5.76. The fourth-order valence-corrected chi connectivity index (χ4v) is 3.00. The van der Waals surface area contributed by atoms with E-state index in [1.165, 1.54) is 0 Å². The lowest BCUT2D eigenvalue weighted by Crippen LogP contribution is -2.30. The van der Waals surface area contributed by atoms with E-state index in [1.54, 1.807) is 0 Å². The topological polar surface area (TPSA) is 45.6 Å². The summed E-state index contributed by atoms with van der Waals surface area (Å²) in [6, 6.07) is 10.1. The second kappa shape index (κ2) is 6.41. The van der Waals surface area contributed by atoms with Gasteiger partial charge in [-0.15, -0.1) is 0 Å². The molecule has 0 amide bonds. The Morgan fingerprint density at radius 2 is 2.05 bits per heavy atom. The molecule has 4 nitrogen and oxygen atoms in total. The van der Waals surface area contributed by atoms with Gasteiger partial charge in [-0.3, -0.25) is 0 Å². The number of anilines is 1. The van der Waals surface area contributed by atoms with Crippen LogP contribution in [0.4, 0.5) is 5.82 Å². The van der Waals surface area contributed by atoms with Gasteiger partial charge < -0.3 is 14.7 Å². The molecule has 0 spiro atoms. The average Bonchev–Trinajstić information content (AvgIpc) is 2.54. The van der Waals surface area contributed by atoms with Gasteiger partial charge in [-0.2, -0.15) is 0 Å². The van der Waals surface area contributed by atoms with Gasteiger partial charge in [-0.1, -0.05) is 18.2 Å². The second-order valence-corrected chi connectivity index (χ2v) is 5.76. The van der Waals surface area contributed by atoms with Crippen LogP contribution in [0, 0.1) is 5.92 Å². The molecule has 0 bridgehead atoms. The van der Waals surface area contributed by atoms with E-state index in [2.05, 4.69) is 11.9 Å². The molecule has 0 saturated carbocycles. The summed E-state index contributed by atoms with van der Waals surface area (Å²) < 4.78 is 5.42. The number of fused-ring (bicyclic) bond motifs is 1. The Bertz CT molecular complexity index is 609. The first kappa shape index (κ1) is 14.3. The average molecular weight is 286 g/mol. The highest BCUT2D eigenvalue weighted by Crippen LogP contribution is 2.25. The van der Waals surface area contributed by atoms with E-state index >= 15 is 0 Å². The molecule has 2 aromatic rings. The van der Waals surface area contributed by atoms with Crippen LogP contribution < -0.4 is 4.90 Å². The maximum Gasteiger partial charge on any atom is 0.134 e. The highest BCUT2D eigenvalue weighted by Gasteiger charge is 2.18. The Morgan fingerprint density at radius 1 is 1.29 bits per heavy atom. The summed E-state index contributed by atoms with van der Waals surface area (Å²) in [5.41, 5.74) is 1.87. The summed E-state index contributed by atoms with van der Waals surface area (Å²) >= 11 is 0. The van der Waals surface area contributed by atoms with E-state index < -0.39 is 0 Å². The largest absolute Gasteiger partial charge is 0.392 e. The minimum atomic E-state index is 0.0191. The van der Waals surface area contributed by atoms with Crippen molar-refractivity contribution in [2.45, 2.75) is 19.4 Å². The van der Waals surface area contributed by atoms with Crippen molar-refractivity contribution in [3.05, 3.63) is 35.9 Å². The summed E-state index contributed by atoms with van der Waals surface area (Å²) in [4.78, 5) is 6.92. The van der Waals surface area contributed by atoms with Gasteiger partial charge in [0.2, 0.25) is 0 Å². The molecule has 1 aromatic heterocycles. The lowest BCUT2D eigenvalue weighted by atomic mass is 9.99. The zero-order valence-electron chi connectivity index (χ0n) is 12.5. The molecule has 4 heteroatoms. The van der Waals surface area contributed by atoms with Crippen LogP contribution in [0.5, 0.6) is 0 Å². The Kier molecular flexibility index (Phi) is 4.36. The molecule has 21 heavy (non-hydrogen) atoms. The Balaban J connectivity index is 1.86. The van der Waals surface area contributed by atoms with Crippen molar-refractivity contribution in [3.8, 4) is 0 Å². The summed E-state index contributed by atoms with van der Waals surface area (Å²) in [6.45, 7) is 2.69. The van der Waals surface area contributed by atoms with Crippen molar-refractivity contribution < 1.29 is 9.84 Å². The smallest absolute Gasteiger partial charge is 0.134 e. The molecule has 1 N–H and O–H groups in total. The highest BCUT2D eigenvalue weighted by atomic mass is 16.5. The summed E-state index contributed by atoms with van der Waals surface area (Å²) in [7, 11) is 2.06. The van der Waals surface area contributed by atoms with E-state index in [4.69, 9.17) is 9.72 Å². The van der Waals surface area contributed by atoms with Crippen molar-refractivity contribution in [2.24, 2.45) is 5.92 Å². The molecule has 1 aromatic carbocycles. The molecule has 1 fully saturated rings. The predicted molar refractivity (Wildman–Crippen MR) is 84.5 cm³/mol. The number of hydrogen-bond acceptors (Lipinski definition) is 4. The van der Waals surface area contributed by atoms with Crippen LogP contribution in [0.1, 0.15) is 18.4 Å². The molecule has 1 aliphatic heterocycles. The highest BCUT2D eigenvalue weighted by molar-refractivity contribution is 5.81. The number of benzene rings is 1. The quantitative estimate of drug-likeness (QED) is 0.938. The number of hydrogen-bond donors (Lipinski definition) is 1. The fraction of sp³-hybridized carbons (Fsp3) is 0.471. The fourth-order valence-electron chi connectivity index (χ4n) is 3.00. The number of pyridine rings is 1. The number of ether oxygens (including phenoxy) is 1. The summed E-state index contributed by atoms with van der Waals surface area (Å²) in [5.74, 6) is 1.53. The third kappa shape index (κ3) is 3.17. The van der Waals surface area contributed by atoms with Crippen LogP contribution in [0.15, 0.2) is 30.3 Å². The van der Waals surface area contributed by atoms with Gasteiger partial charge in [0.15, 0.2) is 0 Å². The molecule has 0 aliphatic carbocycles. The van der Waals surface area contributed by atoms with Crippen molar-refractivity contribution in [1.82, 2.24) is 4.98 Å². The van der Waals surface area contributed by atoms with Gasteiger partial charge in [0.05, 0.1) is 12.1 Å². The summed E-state index contributed by atoms with van der Waals surface area (Å²) in [5, 5.41) is 10.7. The van der Waals surface area contributed by atoms with Crippen LogP contribution in [0.2, 0.25) is 0 Å². The van der Waals surface area contributed by atoms with Gasteiger partial charge in [-0.05, 0) is 30.9 Å². The molecule has 112 valence electrons. The lowest BCUT2D eigenvalue weighted by molar-refractivity contribution is 0.0684. The van der Waals surface area contributed by atoms with E-state index in [-0.39, 0.29) is 6.61 Å². The number of rotatable bonds is 4. The van der Waals surface area contributed by atoms with Gasteiger partial charge in [0.25, 0.3) is 0 Å². The summed E-state index contributed by atoms with van der Waals surface area (Å²) in [6.07, 6.45) is 2.21. The van der Waals surface area contributed by atoms with E-state index in [1.807, 2.05) is 30.3 Å². The molecular formula is C17H22N2O2. The normalized spacial score (nSPS) is 16.3. The Hall–Kier alpha value is -1.65. The van der Waals surface area contributed by atoms with Gasteiger partial charge >= 0.3 is 0 Å². The number of aromatic nitrogens is 1. The molecule has 0 atom stereocenters. The zero-order valence-corrected chi connectivity index (χ0v) is 12.5. The maximum absolute atomic E-state index is 9.65. The number of aliphatic hydroxyl groups excluding tert-OH is 1. The van der Waals surface area contributed by atoms with Crippen LogP contribution >= 0.6 is 0 Å². The molecular weight excluding hydrogens is 264 g/mol. The first-order chi connectivity index (χ1) is 10.3. The van der Waals surface area contributed by atoms with Gasteiger partial charge in [0, 0.05) is 37.8 Å². The Labute approximate surface area is 125 Å². The van der Waals surface area contributed by atoms with Crippen molar-refractivity contribution >= 4 is 16.7 Å². The number of para-hydroxylation sites is 1. The minimum absolute atomic E-state index is 0.0191. The minimum Gasteiger partial charge on any atom is -0.392 e. The van der Waals surface area contributed by atoms with Crippen LogP contribution in [0.25, 0.3) is 10.9 Å². The number of nitrogens with zero attached hydrogens (tertiary/aromatic N) is 2. The molecule has 1 saturated heterocycles. The third-order valence-corrected chi connectivity index (χ3v) is 4.18. The van der Waals surface area contributed by atoms with Gasteiger partial charge in [-0.25, -0.2) is 4.98 Å². The monoisotopic (exact) mass is 286 g/mol. The molecule has 0 radical (unpaired) electrons. The van der Waals surface area contributed by atoms with Crippen molar-refractivity contribution in [3.63, 3.8) is 0 Å². The SMILES string of the molecule is CN(CC1CCOCC1)c1nc2ccccc2cc1CO. The van der Waals surface area contributed by atoms with E-state index in [9.17, 15) is 5.11 Å². The van der Waals surface area contributed by atoms with E-state index in [0.717, 1.165) is 54.9 Å². The lowest BCUT2D eigenvalue weighted by Gasteiger charge is -2.29. The molecule has 3 rings (SSSR count). The zero-order chi connectivity index (χ0) is 14.7. The van der Waals surface area contributed by atoms with Crippen LogP contribution in [-0.4, -0.2) is 36.9 Å². The maximum atomic E-state index is 9.65. The van der Waals surface area contributed by atoms with Crippen molar-refractivity contribution in [1.29, 1.82) is 0 Å². The molecule has 2 heterocycles. The predicted octanol–water partition coefficient (Wildman–Crippen LogP) is 2.59. The first-order valence-corrected chi connectivity index (χ1v) is 7.56. The van der Waals surface area contributed by atoms with E-state index in [0.29, 0.717) is 5.92 Å². The molecule has 1 aliphatic rings. The van der Waals surface area contributed by atoms with Gasteiger partial charge in [0.1, 0.15) is 5.82 Å². The number of aliphatic hydroxyl groups is 1. The Morgan fingerprint density at radius 3 is 2.81 bits per heavy atom. The standard InChI is InChI=1S/C17H22N2O2/c1-19(11-13-6-8-21-9-7-13)17-15(12-20)10-14-4-2-3-5-16(14)18-17/h2-5,10,13,20H,6-9,11-12H2,1H3.